The maximum absolute atomic E-state index is 13.6. The van der Waals surface area contributed by atoms with E-state index in [1.54, 1.807) is 73.6 Å². The number of aromatic nitrogens is 18. The summed E-state index contributed by atoms with van der Waals surface area (Å²) in [5.74, 6) is -0.523. The number of ether oxygens (including phenoxy) is 5. The third-order valence-electron chi connectivity index (χ3n) is 18.3. The molecule has 0 saturated carbocycles. The lowest BCUT2D eigenvalue weighted by Gasteiger charge is -2.11. The smallest absolute Gasteiger partial charge is 0.446 e. The largest absolute Gasteiger partial charge is 0.519 e. The molecule has 0 aliphatic heterocycles. The Labute approximate surface area is 671 Å². The number of carbonyl (C=O) groups excluding carboxylic acids is 3. The van der Waals surface area contributed by atoms with E-state index in [-0.39, 0.29) is 122 Å². The maximum atomic E-state index is 13.6. The van der Waals surface area contributed by atoms with Crippen LogP contribution in [0.25, 0.3) is 67.7 Å². The molecule has 39 nitrogen and oxygen atoms in total. The number of fused-ring (bicyclic) bond motifs is 3. The molecule has 0 saturated heterocycles. The van der Waals surface area contributed by atoms with Gasteiger partial charge in [0.2, 0.25) is 6.79 Å². The minimum absolute atomic E-state index is 0. The van der Waals surface area contributed by atoms with Gasteiger partial charge in [0, 0.05) is 65.0 Å². The zero-order valence-corrected chi connectivity index (χ0v) is 67.2. The highest BCUT2D eigenvalue weighted by atomic mass is 31.2. The third kappa shape index (κ3) is 19.5. The van der Waals surface area contributed by atoms with Crippen LogP contribution in [0.15, 0.2) is 152 Å². The lowest BCUT2D eigenvalue weighted by Crippen LogP contribution is -2.40. The first kappa shape index (κ1) is 87.6. The Morgan fingerprint density at radius 1 is 0.466 bits per heavy atom. The zero-order valence-electron chi connectivity index (χ0n) is 66.3. The van der Waals surface area contributed by atoms with Crippen LogP contribution in [0.5, 0.6) is 0 Å². The van der Waals surface area contributed by atoms with Crippen molar-refractivity contribution in [2.75, 3.05) is 40.3 Å². The van der Waals surface area contributed by atoms with E-state index in [0.717, 1.165) is 60.8 Å². The normalized spacial score (nSPS) is 11.4. The Morgan fingerprint density at radius 2 is 0.822 bits per heavy atom. The highest BCUT2D eigenvalue weighted by Gasteiger charge is 2.32. The summed E-state index contributed by atoms with van der Waals surface area (Å²) in [4.78, 5) is 163. The van der Waals surface area contributed by atoms with Gasteiger partial charge in [-0.3, -0.25) is 55.8 Å². The number of phosphoric ester groups is 1. The van der Waals surface area contributed by atoms with Crippen LogP contribution in [0.4, 0.5) is 14.4 Å². The van der Waals surface area contributed by atoms with Gasteiger partial charge in [0.15, 0.2) is 69.1 Å². The van der Waals surface area contributed by atoms with Crippen LogP contribution in [0.1, 0.15) is 113 Å². The van der Waals surface area contributed by atoms with E-state index in [0.29, 0.717) is 68.8 Å². The minimum Gasteiger partial charge on any atom is -0.446 e. The van der Waals surface area contributed by atoms with Crippen LogP contribution >= 0.6 is 7.82 Å². The average Bonchev–Trinajstić information content (AvgIpc) is 1.61. The van der Waals surface area contributed by atoms with Gasteiger partial charge in [0.05, 0.1) is 74.7 Å². The lowest BCUT2D eigenvalue weighted by molar-refractivity contribution is 0.0410. The molecular formula is C78H93N18O21P. The second-order valence-corrected chi connectivity index (χ2v) is 28.1. The molecule has 0 aliphatic rings. The molecule has 0 unspecified atom stereocenters. The Kier molecular flexibility index (Phi) is 28.8. The number of rotatable bonds is 29. The summed E-state index contributed by atoms with van der Waals surface area (Å²) in [6, 6.07) is 23.9. The number of imidazole rings is 3. The number of benzene rings is 3. The van der Waals surface area contributed by atoms with E-state index in [1.165, 1.54) is 33.0 Å². The number of methoxy groups -OCH3 is 1. The van der Waals surface area contributed by atoms with Gasteiger partial charge in [-0.05, 0) is 84.4 Å². The number of hydrogen-bond donors (Lipinski definition) is 2. The Bertz CT molecular complexity index is 6320. The first-order valence-corrected chi connectivity index (χ1v) is 39.1. The van der Waals surface area contributed by atoms with Gasteiger partial charge >= 0.3 is 49.0 Å². The fraction of sp³-hybridized carbons (Fsp3) is 0.385. The van der Waals surface area contributed by atoms with Crippen LogP contribution in [0.3, 0.4) is 0 Å². The topological polar surface area (TPSA) is 446 Å². The van der Waals surface area contributed by atoms with E-state index in [2.05, 4.69) is 40.8 Å². The fourth-order valence-corrected chi connectivity index (χ4v) is 13.2. The predicted octanol–water partition coefficient (Wildman–Crippen LogP) is 8.40. The molecule has 0 atom stereocenters. The molecule has 0 bridgehead atoms. The molecule has 40 heteroatoms. The molecule has 2 N–H and O–H groups in total. The van der Waals surface area contributed by atoms with Crippen molar-refractivity contribution in [2.24, 2.45) is 0 Å². The molecule has 3 aromatic carbocycles. The van der Waals surface area contributed by atoms with Crippen molar-refractivity contribution in [3.63, 3.8) is 0 Å². The zero-order chi connectivity index (χ0) is 84.1. The number of nitrogens with zero attached hydrogens (tertiary/aromatic N) is 18. The van der Waals surface area contributed by atoms with Crippen molar-refractivity contribution in [2.45, 2.75) is 161 Å². The van der Waals surface area contributed by atoms with Gasteiger partial charge in [-0.1, -0.05) is 118 Å². The first-order valence-electron chi connectivity index (χ1n) is 37.5. The van der Waals surface area contributed by atoms with Gasteiger partial charge in [-0.15, -0.1) is 0 Å². The minimum atomic E-state index is -4.92. The number of phosphoric acid groups is 1. The second kappa shape index (κ2) is 38.8. The summed E-state index contributed by atoms with van der Waals surface area (Å²) < 4.78 is 66.5. The summed E-state index contributed by atoms with van der Waals surface area (Å²) in [7, 11) is -3.35. The van der Waals surface area contributed by atoms with Crippen LogP contribution < -0.4 is 39.6 Å². The van der Waals surface area contributed by atoms with Crippen molar-refractivity contribution in [1.82, 2.24) is 85.4 Å². The molecule has 626 valence electrons. The summed E-state index contributed by atoms with van der Waals surface area (Å²) in [6.07, 6.45) is 8.29. The fourth-order valence-electron chi connectivity index (χ4n) is 13.0. The highest BCUT2D eigenvalue weighted by Crippen LogP contribution is 2.36. The van der Waals surface area contributed by atoms with Crippen molar-refractivity contribution in [1.29, 1.82) is 0 Å². The van der Waals surface area contributed by atoms with E-state index in [4.69, 9.17) is 42.3 Å². The van der Waals surface area contributed by atoms with Crippen LogP contribution in [0, 0.1) is 27.7 Å². The SMILES string of the molecule is C.CCCn1c(=O)c2c(nc(-c3cnn(Cc4cccc(C)c4)c3)n2C(=O)OCCOCCOC)n(CC)c1=O.CCCn1c(=O)c2c(nc(-c3cnn(Cc4cccc(C)c4)c3)n2C(=O)OCOP(=O)(O)O)n(CC)c1=O.CCCn1c(=O)c2c(nc(-c3cnn(Cc4cccc(C)c4)c3)n2C(=O)OCc2oc(=O)oc2C)n(CC)c1=O. The average molecular weight is 1650 g/mol. The molecule has 0 amide bonds. The number of hydrogen-bond acceptors (Lipinski definition) is 25. The number of aryl methyl sites for hydroxylation is 7. The second-order valence-electron chi connectivity index (χ2n) is 26.9. The standard InChI is InChI=1S/C27H28N6O7.C27H34N6O6.C23H27N6O8P.CH4/c1-5-10-32-24(34)21-23(31(6-2)25(32)35)29-22(33(21)26(36)38-15-20-17(4)39-27(37)40-20)19-12-28-30(14-19)13-18-9-7-8-16(3)11-18;1-5-10-32-25(34)22-24(31(6-2)26(32)35)29-23(33(22)27(36)39-14-13-38-12-11-37-4)21-16-28-30(18-21)17-20-9-7-8-19(3)15-20;1-4-9-28-21(30)18-20(27(5-2)22(28)31)25-19(29(18)23(32)36-14-37-38(33,34)35)17-11-24-26(13-17)12-16-8-6-7-15(3)10-16;/h7-9,11-12,14H,5-6,10,13,15H2,1-4H3;7-9,15-16,18H,5-6,10-14,17H2,1-4H3;6-8,10-11,13H,4-5,9,12,14H2,1-3H3,(H2,33,34,35);1H4. The van der Waals surface area contributed by atoms with Crippen LogP contribution in [-0.2, 0) is 98.3 Å². The van der Waals surface area contributed by atoms with E-state index < -0.39 is 79.1 Å². The first-order chi connectivity index (χ1) is 56.1. The van der Waals surface area contributed by atoms with Gasteiger partial charge in [0.25, 0.3) is 16.7 Å². The van der Waals surface area contributed by atoms with Crippen molar-refractivity contribution in [3.8, 4) is 34.2 Å². The van der Waals surface area contributed by atoms with Crippen molar-refractivity contribution < 1.29 is 65.8 Å². The van der Waals surface area contributed by atoms with Gasteiger partial charge in [-0.25, -0.2) is 71.3 Å². The number of carbonyl (C=O) groups is 3. The molecule has 13 rings (SSSR count). The third-order valence-corrected chi connectivity index (χ3v) is 18.8. The summed E-state index contributed by atoms with van der Waals surface area (Å²) >= 11 is 0. The molecule has 0 spiro atoms. The van der Waals surface area contributed by atoms with Gasteiger partial charge in [0.1, 0.15) is 6.61 Å². The van der Waals surface area contributed by atoms with Gasteiger partial charge < -0.3 is 42.3 Å². The van der Waals surface area contributed by atoms with Crippen LogP contribution in [-0.4, -0.2) is 154 Å². The maximum Gasteiger partial charge on any atom is 0.519 e. The quantitative estimate of drug-likeness (QED) is 0.0192. The molecule has 0 fully saturated rings. The van der Waals surface area contributed by atoms with Gasteiger partial charge in [-0.2, -0.15) is 15.3 Å². The highest BCUT2D eigenvalue weighted by molar-refractivity contribution is 7.46. The lowest BCUT2D eigenvalue weighted by atomic mass is 10.1. The Morgan fingerprint density at radius 3 is 1.14 bits per heavy atom. The molecule has 118 heavy (non-hydrogen) atoms. The van der Waals surface area contributed by atoms with Crippen molar-refractivity contribution >= 4 is 59.6 Å². The summed E-state index contributed by atoms with van der Waals surface area (Å²) in [6.45, 7) is 20.2. The molecular weight excluding hydrogens is 1560 g/mol. The Balaban J connectivity index is 0.000000186. The van der Waals surface area contributed by atoms with Crippen molar-refractivity contribution in [3.05, 3.63) is 228 Å². The molecule has 10 aromatic heterocycles. The van der Waals surface area contributed by atoms with Crippen LogP contribution in [0.2, 0.25) is 0 Å². The molecule has 13 aromatic rings. The molecule has 0 radical (unpaired) electrons. The monoisotopic (exact) mass is 1650 g/mol. The van der Waals surface area contributed by atoms with E-state index in [9.17, 15) is 52.5 Å². The predicted molar refractivity (Wildman–Crippen MR) is 431 cm³/mol. The Hall–Kier alpha value is -12.8. The van der Waals surface area contributed by atoms with E-state index in [1.807, 2.05) is 101 Å². The molecule has 10 heterocycles. The van der Waals surface area contributed by atoms with E-state index >= 15 is 0 Å². The summed E-state index contributed by atoms with van der Waals surface area (Å²) in [5.41, 5.74) is 3.91. The molecule has 0 aliphatic carbocycles. The summed E-state index contributed by atoms with van der Waals surface area (Å²) in [5, 5.41) is 13.2.